The molecule has 0 spiro atoms. The number of para-hydroxylation sites is 2. The summed E-state index contributed by atoms with van der Waals surface area (Å²) in [4.78, 5) is 59.3. The molecule has 372 valence electrons. The van der Waals surface area contributed by atoms with Gasteiger partial charge < -0.3 is 28.6 Å². The van der Waals surface area contributed by atoms with E-state index >= 15 is 0 Å². The highest BCUT2D eigenvalue weighted by atomic mass is 35.5. The van der Waals surface area contributed by atoms with Crippen LogP contribution in [0.4, 0.5) is 0 Å². The minimum atomic E-state index is -1.94. The lowest BCUT2D eigenvalue weighted by molar-refractivity contribution is -0.122. The van der Waals surface area contributed by atoms with Crippen LogP contribution in [0.1, 0.15) is 97.8 Å². The molecule has 4 atom stereocenters. The van der Waals surface area contributed by atoms with Crippen molar-refractivity contribution < 1.29 is 28.7 Å². The Morgan fingerprint density at radius 2 is 1.29 bits per heavy atom. The lowest BCUT2D eigenvalue weighted by Crippen LogP contribution is -2.43. The molecule has 2 aliphatic carbocycles. The number of amides is 4. The van der Waals surface area contributed by atoms with Crippen LogP contribution < -0.4 is 10.6 Å². The number of aliphatic hydroxyl groups is 1. The van der Waals surface area contributed by atoms with E-state index in [2.05, 4.69) is 75.8 Å². The van der Waals surface area contributed by atoms with E-state index in [1.165, 1.54) is 0 Å². The molecule has 6 heterocycles. The first kappa shape index (κ1) is 48.8. The lowest BCUT2D eigenvalue weighted by Gasteiger charge is -2.38. The summed E-state index contributed by atoms with van der Waals surface area (Å²) in [5.74, 6) is -1.66. The van der Waals surface area contributed by atoms with E-state index in [-0.39, 0.29) is 59.3 Å². The summed E-state index contributed by atoms with van der Waals surface area (Å²) in [5, 5.41) is 21.8. The number of nitrogens with one attached hydrogen (secondary N) is 4. The van der Waals surface area contributed by atoms with Gasteiger partial charge in [-0.1, -0.05) is 124 Å². The van der Waals surface area contributed by atoms with Crippen molar-refractivity contribution in [3.8, 4) is 0 Å². The quantitative estimate of drug-likeness (QED) is 0.0632. The molecule has 1 fully saturated rings. The molecule has 73 heavy (non-hydrogen) atoms. The zero-order chi connectivity index (χ0) is 50.3. The van der Waals surface area contributed by atoms with Crippen LogP contribution in [0.15, 0.2) is 103 Å². The highest BCUT2D eigenvalue weighted by molar-refractivity contribution is 6.74. The number of hydrogen-bond donors (Lipinski definition) is 5. The number of aromatic amines is 2. The Labute approximate surface area is 436 Å². The minimum Gasteiger partial charge on any atom is -0.410 e. The van der Waals surface area contributed by atoms with Crippen molar-refractivity contribution in [2.75, 3.05) is 0 Å². The highest BCUT2D eigenvalue weighted by Crippen LogP contribution is 2.48. The second-order valence-electron chi connectivity index (χ2n) is 20.9. The van der Waals surface area contributed by atoms with E-state index < -0.39 is 20.1 Å². The topological polar surface area (TPSA) is 163 Å². The second-order valence-corrected chi connectivity index (χ2v) is 26.9. The maximum Gasteiger partial charge on any atom is 0.259 e. The molecular formula is C57H53Cl3N6O6Si. The summed E-state index contributed by atoms with van der Waals surface area (Å²) in [6.45, 7) is 11.3. The number of halogens is 3. The molecule has 1 saturated carbocycles. The molecule has 5 aromatic carbocycles. The number of nitrogens with zero attached hydrogens (tertiary/aromatic N) is 2. The predicted octanol–water partition coefficient (Wildman–Crippen LogP) is 13.6. The third kappa shape index (κ3) is 7.69. The number of rotatable bonds is 6. The van der Waals surface area contributed by atoms with Crippen molar-refractivity contribution in [1.82, 2.24) is 29.7 Å². The van der Waals surface area contributed by atoms with Crippen LogP contribution >= 0.6 is 34.8 Å². The number of allylic oxidation sites excluding steroid dienone is 1. The van der Waals surface area contributed by atoms with Gasteiger partial charge in [0.05, 0.1) is 51.6 Å². The Bertz CT molecular complexity index is 3940. The van der Waals surface area contributed by atoms with Gasteiger partial charge in [-0.2, -0.15) is 0 Å². The SMILES string of the molecule is C.CC(C)(C)[Si](C)(C)OC1C=CC(n2cc(C3=C(c4c(Cl)[nH]c5cc(Cl)ccc45)C(=O)NC3=O)c3ccccc32)C1.O=C1NC(=O)c2c1c1c3ccc(Cl)cc3[nH]c1c1c2c2ccccc2n1C1CC[C@@H](O)C1. The van der Waals surface area contributed by atoms with Crippen molar-refractivity contribution in [3.63, 3.8) is 0 Å². The van der Waals surface area contributed by atoms with Crippen molar-refractivity contribution >= 4 is 143 Å². The highest BCUT2D eigenvalue weighted by Gasteiger charge is 2.42. The maximum absolute atomic E-state index is 13.4. The third-order valence-corrected chi connectivity index (χ3v) is 20.9. The first-order valence-corrected chi connectivity index (χ1v) is 28.2. The number of imide groups is 2. The number of H-pyrrole nitrogens is 2. The van der Waals surface area contributed by atoms with Gasteiger partial charge in [0, 0.05) is 94.2 Å². The summed E-state index contributed by atoms with van der Waals surface area (Å²) >= 11 is 19.1. The van der Waals surface area contributed by atoms with Crippen molar-refractivity contribution in [3.05, 3.63) is 141 Å². The van der Waals surface area contributed by atoms with Gasteiger partial charge in [-0.15, -0.1) is 0 Å². The Kier molecular flexibility index (Phi) is 11.8. The molecule has 16 heteroatoms. The van der Waals surface area contributed by atoms with Gasteiger partial charge in [0.25, 0.3) is 23.6 Å². The normalized spacial score (nSPS) is 20.1. The molecular weight excluding hydrogens is 999 g/mol. The number of aliphatic hydroxyl groups excluding tert-OH is 1. The molecule has 13 rings (SSSR count). The summed E-state index contributed by atoms with van der Waals surface area (Å²) in [6.07, 6.45) is 9.07. The molecule has 0 radical (unpaired) electrons. The van der Waals surface area contributed by atoms with Crippen LogP contribution in [0.2, 0.25) is 33.3 Å². The molecule has 4 aliphatic rings. The zero-order valence-corrected chi connectivity index (χ0v) is 43.2. The third-order valence-electron chi connectivity index (χ3n) is 15.6. The summed E-state index contributed by atoms with van der Waals surface area (Å²) in [7, 11) is -1.94. The van der Waals surface area contributed by atoms with E-state index in [4.69, 9.17) is 39.2 Å². The Morgan fingerprint density at radius 1 is 0.671 bits per heavy atom. The van der Waals surface area contributed by atoms with Crippen LogP contribution in [-0.4, -0.2) is 68.4 Å². The number of aromatic nitrogens is 4. The van der Waals surface area contributed by atoms with E-state index in [1.54, 1.807) is 18.2 Å². The summed E-state index contributed by atoms with van der Waals surface area (Å²) in [5.41, 5.74) is 7.81. The lowest BCUT2D eigenvalue weighted by atomic mass is 9.95. The monoisotopic (exact) mass is 1050 g/mol. The van der Waals surface area contributed by atoms with Gasteiger partial charge in [0.2, 0.25) is 0 Å². The molecule has 0 saturated heterocycles. The van der Waals surface area contributed by atoms with E-state index in [0.717, 1.165) is 79.2 Å². The van der Waals surface area contributed by atoms with Crippen molar-refractivity contribution in [2.24, 2.45) is 0 Å². The fourth-order valence-corrected chi connectivity index (χ4v) is 13.3. The fraction of sp³-hybridized carbons (Fsp3) is 0.263. The van der Waals surface area contributed by atoms with Crippen LogP contribution in [-0.2, 0) is 14.0 Å². The first-order valence-electron chi connectivity index (χ1n) is 24.1. The molecule has 3 unspecified atom stereocenters. The number of carbonyl (C=O) groups excluding carboxylic acids is 4. The van der Waals surface area contributed by atoms with Crippen LogP contribution in [0.3, 0.4) is 0 Å². The smallest absolute Gasteiger partial charge is 0.259 e. The number of hydrogen-bond acceptors (Lipinski definition) is 6. The average molecular weight is 1050 g/mol. The second kappa shape index (κ2) is 17.6. The van der Waals surface area contributed by atoms with E-state index in [9.17, 15) is 24.3 Å². The molecule has 0 bridgehead atoms. The van der Waals surface area contributed by atoms with Gasteiger partial charge in [0.15, 0.2) is 8.32 Å². The number of carbonyl (C=O) groups is 4. The Morgan fingerprint density at radius 3 is 1.97 bits per heavy atom. The van der Waals surface area contributed by atoms with Crippen molar-refractivity contribution in [1.29, 1.82) is 0 Å². The van der Waals surface area contributed by atoms with Gasteiger partial charge in [0.1, 0.15) is 5.15 Å². The van der Waals surface area contributed by atoms with Crippen LogP contribution in [0.5, 0.6) is 0 Å². The standard InChI is InChI=1S/C31H31Cl2N3O3Si.C25H18ClN3O3.CH4/c1-31(2,3)40(4,5)39-19-12-11-18(15-19)36-16-22(20-8-6-7-9-24(20)36)26-27(30(38)35-29(26)37)25-21-13-10-17(32)14-23(21)34-28(25)33;26-11-5-8-14-16(9-11)27-22-18(14)20-21(25(32)28-24(20)31)19-15-3-1-2-4-17(15)29(23(19)22)12-6-7-13(30)10-12;/h6-14,16,18-19,34H,15H2,1-5H3,(H,35,37,38);1-5,8-9,12-13,27,30H,6-7,10H2,(H,28,31,32);1H4/t;12?,13-;/m.1./s1. The first-order chi connectivity index (χ1) is 34.4. The minimum absolute atomic E-state index is 0. The number of benzene rings is 5. The van der Waals surface area contributed by atoms with Crippen molar-refractivity contribution in [2.45, 2.75) is 96.3 Å². The zero-order valence-electron chi connectivity index (χ0n) is 40.0. The van der Waals surface area contributed by atoms with Crippen LogP contribution in [0.25, 0.3) is 76.6 Å². The maximum atomic E-state index is 13.4. The van der Waals surface area contributed by atoms with Gasteiger partial charge in [-0.3, -0.25) is 29.8 Å². The Hall–Kier alpha value is -6.45. The van der Waals surface area contributed by atoms with Gasteiger partial charge >= 0.3 is 0 Å². The largest absolute Gasteiger partial charge is 0.410 e. The molecule has 12 nitrogen and oxygen atoms in total. The predicted molar refractivity (Wildman–Crippen MR) is 296 cm³/mol. The fourth-order valence-electron chi connectivity index (χ4n) is 11.4. The summed E-state index contributed by atoms with van der Waals surface area (Å²) < 4.78 is 11.1. The average Bonchev–Trinajstić information content (AvgIpc) is 4.22. The molecule has 4 amide bonds. The van der Waals surface area contributed by atoms with E-state index in [1.807, 2.05) is 72.9 Å². The molecule has 5 N–H and O–H groups in total. The molecule has 2 aliphatic heterocycles. The number of fused-ring (bicyclic) bond motifs is 12. The summed E-state index contributed by atoms with van der Waals surface area (Å²) in [6, 6.07) is 26.9. The van der Waals surface area contributed by atoms with Gasteiger partial charge in [-0.25, -0.2) is 0 Å². The Balaban J connectivity index is 0.000000158. The van der Waals surface area contributed by atoms with Gasteiger partial charge in [-0.05, 0) is 73.8 Å². The molecule has 4 aromatic heterocycles. The molecule has 9 aromatic rings. The van der Waals surface area contributed by atoms with Crippen LogP contribution in [0, 0.1) is 0 Å². The van der Waals surface area contributed by atoms with E-state index in [0.29, 0.717) is 49.8 Å².